The Labute approximate surface area is 107 Å². The molecule has 17 heavy (non-hydrogen) atoms. The average molecular weight is 252 g/mol. The number of anilines is 1. The Morgan fingerprint density at radius 3 is 2.71 bits per heavy atom. The lowest BCUT2D eigenvalue weighted by molar-refractivity contribution is 0.303. The van der Waals surface area contributed by atoms with Gasteiger partial charge in [0.15, 0.2) is 0 Å². The minimum absolute atomic E-state index is 0.556. The zero-order chi connectivity index (χ0) is 11.7. The number of halogens is 1. The lowest BCUT2D eigenvalue weighted by Crippen LogP contribution is -2.16. The van der Waals surface area contributed by atoms with E-state index in [1.54, 1.807) is 0 Å². The molecule has 2 aliphatic rings. The largest absolute Gasteiger partial charge is 0.370 e. The van der Waals surface area contributed by atoms with Gasteiger partial charge in [-0.15, -0.1) is 0 Å². The zero-order valence-corrected chi connectivity index (χ0v) is 10.7. The van der Waals surface area contributed by atoms with E-state index in [0.29, 0.717) is 11.1 Å². The zero-order valence-electron chi connectivity index (χ0n) is 9.95. The van der Waals surface area contributed by atoms with Crippen LogP contribution in [0.2, 0.25) is 5.15 Å². The Hall–Kier alpha value is -0.830. The molecule has 92 valence electrons. The first kappa shape index (κ1) is 11.3. The van der Waals surface area contributed by atoms with Gasteiger partial charge in [-0.2, -0.15) is 0 Å². The molecule has 0 saturated heterocycles. The summed E-state index contributed by atoms with van der Waals surface area (Å²) in [5.41, 5.74) is 0. The molecule has 2 saturated carbocycles. The molecule has 0 spiro atoms. The third-order valence-electron chi connectivity index (χ3n) is 3.74. The first-order valence-electron chi connectivity index (χ1n) is 6.59. The molecule has 0 radical (unpaired) electrons. The minimum Gasteiger partial charge on any atom is -0.370 e. The van der Waals surface area contributed by atoms with Gasteiger partial charge in [-0.1, -0.05) is 30.9 Å². The minimum atomic E-state index is 0.556. The smallest absolute Gasteiger partial charge is 0.135 e. The van der Waals surface area contributed by atoms with Crippen LogP contribution in [0.5, 0.6) is 0 Å². The van der Waals surface area contributed by atoms with Gasteiger partial charge < -0.3 is 5.32 Å². The number of hydrogen-bond acceptors (Lipinski definition) is 3. The van der Waals surface area contributed by atoms with Crippen molar-refractivity contribution in [1.29, 1.82) is 0 Å². The lowest BCUT2D eigenvalue weighted by atomic mass is 9.83. The Balaban J connectivity index is 1.57. The van der Waals surface area contributed by atoms with Crippen molar-refractivity contribution in [3.63, 3.8) is 0 Å². The molecule has 1 N–H and O–H groups in total. The molecule has 0 bridgehead atoms. The summed E-state index contributed by atoms with van der Waals surface area (Å²) in [4.78, 5) is 8.81. The first-order valence-corrected chi connectivity index (χ1v) is 6.97. The maximum atomic E-state index is 6.01. The van der Waals surface area contributed by atoms with Crippen LogP contribution in [0.25, 0.3) is 0 Å². The van der Waals surface area contributed by atoms with Gasteiger partial charge in [0, 0.05) is 18.5 Å². The van der Waals surface area contributed by atoms with Crippen LogP contribution in [-0.4, -0.2) is 16.5 Å². The summed E-state index contributed by atoms with van der Waals surface area (Å²) < 4.78 is 0. The monoisotopic (exact) mass is 251 g/mol. The summed E-state index contributed by atoms with van der Waals surface area (Å²) in [6.45, 7) is 1.00. The van der Waals surface area contributed by atoms with Gasteiger partial charge >= 0.3 is 0 Å². The van der Waals surface area contributed by atoms with Crippen LogP contribution < -0.4 is 5.32 Å². The molecule has 1 aromatic heterocycles. The molecular formula is C13H18ClN3. The standard InChI is InChI=1S/C13H18ClN3/c14-11-8-12(15-7-6-9-2-1-3-9)17-13(16-11)10-4-5-10/h8-10H,1-7H2,(H,15,16,17). The van der Waals surface area contributed by atoms with E-state index in [2.05, 4.69) is 15.3 Å². The van der Waals surface area contributed by atoms with Gasteiger partial charge in [0.05, 0.1) is 0 Å². The highest BCUT2D eigenvalue weighted by atomic mass is 35.5. The van der Waals surface area contributed by atoms with Crippen molar-refractivity contribution in [2.45, 2.75) is 44.4 Å². The molecule has 2 fully saturated rings. The van der Waals surface area contributed by atoms with Crippen molar-refractivity contribution in [3.8, 4) is 0 Å². The molecule has 2 aliphatic carbocycles. The topological polar surface area (TPSA) is 37.8 Å². The van der Waals surface area contributed by atoms with E-state index in [1.165, 1.54) is 38.5 Å². The predicted molar refractivity (Wildman–Crippen MR) is 69.5 cm³/mol. The van der Waals surface area contributed by atoms with Crippen LogP contribution in [0.15, 0.2) is 6.07 Å². The molecule has 0 amide bonds. The highest BCUT2D eigenvalue weighted by molar-refractivity contribution is 6.29. The molecule has 1 aromatic rings. The lowest BCUT2D eigenvalue weighted by Gasteiger charge is -2.25. The van der Waals surface area contributed by atoms with Crippen LogP contribution >= 0.6 is 11.6 Å². The van der Waals surface area contributed by atoms with E-state index in [9.17, 15) is 0 Å². The highest BCUT2D eigenvalue weighted by Crippen LogP contribution is 2.38. The predicted octanol–water partition coefficient (Wildman–Crippen LogP) is 3.61. The molecule has 3 nitrogen and oxygen atoms in total. The summed E-state index contributed by atoms with van der Waals surface area (Å²) >= 11 is 6.01. The molecule has 0 aliphatic heterocycles. The van der Waals surface area contributed by atoms with Crippen LogP contribution in [0.4, 0.5) is 5.82 Å². The molecule has 3 rings (SSSR count). The molecule has 0 aromatic carbocycles. The second-order valence-corrected chi connectivity index (χ2v) is 5.61. The Bertz CT molecular complexity index is 400. The molecular weight excluding hydrogens is 234 g/mol. The van der Waals surface area contributed by atoms with Gasteiger partial charge in [-0.3, -0.25) is 0 Å². The normalized spacial score (nSPS) is 20.1. The number of nitrogens with one attached hydrogen (secondary N) is 1. The molecule has 4 heteroatoms. The van der Waals surface area contributed by atoms with Crippen molar-refractivity contribution < 1.29 is 0 Å². The average Bonchev–Trinajstić information content (AvgIpc) is 3.04. The van der Waals surface area contributed by atoms with Crippen molar-refractivity contribution in [2.24, 2.45) is 5.92 Å². The number of rotatable bonds is 5. The Kier molecular flexibility index (Phi) is 3.19. The highest BCUT2D eigenvalue weighted by Gasteiger charge is 2.27. The van der Waals surface area contributed by atoms with Crippen molar-refractivity contribution in [1.82, 2.24) is 9.97 Å². The van der Waals surface area contributed by atoms with Crippen LogP contribution in [-0.2, 0) is 0 Å². The van der Waals surface area contributed by atoms with Crippen LogP contribution in [0.1, 0.15) is 50.3 Å². The fourth-order valence-corrected chi connectivity index (χ4v) is 2.43. The van der Waals surface area contributed by atoms with E-state index in [-0.39, 0.29) is 0 Å². The van der Waals surface area contributed by atoms with Crippen molar-refractivity contribution >= 4 is 17.4 Å². The van der Waals surface area contributed by atoms with Gasteiger partial charge in [0.1, 0.15) is 16.8 Å². The fraction of sp³-hybridized carbons (Fsp3) is 0.692. The van der Waals surface area contributed by atoms with E-state index < -0.39 is 0 Å². The summed E-state index contributed by atoms with van der Waals surface area (Å²) in [6.07, 6.45) is 7.89. The number of nitrogens with zero attached hydrogens (tertiary/aromatic N) is 2. The first-order chi connectivity index (χ1) is 8.31. The third kappa shape index (κ3) is 2.89. The Morgan fingerprint density at radius 2 is 2.06 bits per heavy atom. The fourth-order valence-electron chi connectivity index (χ4n) is 2.24. The molecule has 1 heterocycles. The third-order valence-corrected chi connectivity index (χ3v) is 3.93. The van der Waals surface area contributed by atoms with Crippen LogP contribution in [0, 0.1) is 5.92 Å². The van der Waals surface area contributed by atoms with E-state index in [0.717, 1.165) is 24.1 Å². The maximum Gasteiger partial charge on any atom is 0.135 e. The second kappa shape index (κ2) is 4.81. The van der Waals surface area contributed by atoms with Gasteiger partial charge in [0.2, 0.25) is 0 Å². The SMILES string of the molecule is Clc1cc(NCCC2CCC2)nc(C2CC2)n1. The summed E-state index contributed by atoms with van der Waals surface area (Å²) in [7, 11) is 0. The number of aromatic nitrogens is 2. The van der Waals surface area contributed by atoms with E-state index in [1.807, 2.05) is 6.07 Å². The Morgan fingerprint density at radius 1 is 1.24 bits per heavy atom. The quantitative estimate of drug-likeness (QED) is 0.813. The second-order valence-electron chi connectivity index (χ2n) is 5.22. The van der Waals surface area contributed by atoms with E-state index in [4.69, 9.17) is 11.6 Å². The summed E-state index contributed by atoms with van der Waals surface area (Å²) in [5.74, 6) is 3.30. The molecule has 0 unspecified atom stereocenters. The van der Waals surface area contributed by atoms with Gasteiger partial charge in [-0.05, 0) is 25.2 Å². The van der Waals surface area contributed by atoms with Crippen LogP contribution in [0.3, 0.4) is 0 Å². The van der Waals surface area contributed by atoms with Gasteiger partial charge in [0.25, 0.3) is 0 Å². The summed E-state index contributed by atoms with van der Waals surface area (Å²) in [6, 6.07) is 1.83. The van der Waals surface area contributed by atoms with Crippen molar-refractivity contribution in [2.75, 3.05) is 11.9 Å². The molecule has 0 atom stereocenters. The van der Waals surface area contributed by atoms with Gasteiger partial charge in [-0.25, -0.2) is 9.97 Å². The van der Waals surface area contributed by atoms with E-state index >= 15 is 0 Å². The van der Waals surface area contributed by atoms with Crippen molar-refractivity contribution in [3.05, 3.63) is 17.0 Å². The summed E-state index contributed by atoms with van der Waals surface area (Å²) in [5, 5.41) is 3.94. The number of hydrogen-bond donors (Lipinski definition) is 1. The maximum absolute atomic E-state index is 6.01.